The molecule has 0 fully saturated rings. The van der Waals surface area contributed by atoms with E-state index in [0.717, 1.165) is 0 Å². The van der Waals surface area contributed by atoms with Crippen LogP contribution in [0.4, 0.5) is 0 Å². The van der Waals surface area contributed by atoms with Gasteiger partial charge in [0.05, 0.1) is 6.54 Å². The van der Waals surface area contributed by atoms with Crippen molar-refractivity contribution in [3.63, 3.8) is 0 Å². The minimum Gasteiger partial charge on any atom is -0.481 e. The quantitative estimate of drug-likeness (QED) is 0.855. The molecule has 2 aromatic rings. The van der Waals surface area contributed by atoms with Crippen LogP contribution in [0.15, 0.2) is 35.8 Å². The van der Waals surface area contributed by atoms with Crippen molar-refractivity contribution in [1.29, 1.82) is 0 Å². The topological polar surface area (TPSA) is 62.5 Å². The molecule has 2 rings (SSSR count). The highest BCUT2D eigenvalue weighted by molar-refractivity contribution is 7.09. The summed E-state index contributed by atoms with van der Waals surface area (Å²) in [5.41, 5.74) is 0.626. The zero-order valence-corrected chi connectivity index (χ0v) is 12.7. The second kappa shape index (κ2) is 7.08. The smallest absolute Gasteiger partial charge is 0.303 e. The number of aliphatic carboxylic acids is 1. The first kappa shape index (κ1) is 15.3. The predicted molar refractivity (Wildman–Crippen MR) is 81.7 cm³/mol. The predicted octanol–water partition coefficient (Wildman–Crippen LogP) is 2.53. The van der Waals surface area contributed by atoms with Crippen LogP contribution < -0.4 is 0 Å². The molecule has 0 aliphatic rings. The van der Waals surface area contributed by atoms with E-state index < -0.39 is 5.97 Å². The second-order valence-electron chi connectivity index (χ2n) is 4.82. The number of carbonyl (C=O) groups is 2. The van der Waals surface area contributed by atoms with Gasteiger partial charge in [-0.25, -0.2) is 0 Å². The van der Waals surface area contributed by atoms with E-state index in [2.05, 4.69) is 0 Å². The van der Waals surface area contributed by atoms with Crippen LogP contribution in [-0.4, -0.2) is 40.0 Å². The molecular formula is C15H18N2O3S. The Morgan fingerprint density at radius 1 is 1.33 bits per heavy atom. The Balaban J connectivity index is 1.99. The van der Waals surface area contributed by atoms with Gasteiger partial charge in [-0.05, 0) is 30.0 Å². The Kier molecular flexibility index (Phi) is 5.16. The lowest BCUT2D eigenvalue weighted by Crippen LogP contribution is -2.30. The van der Waals surface area contributed by atoms with Crippen LogP contribution in [0.25, 0.3) is 0 Å². The Hall–Kier alpha value is -2.08. The Bertz CT molecular complexity index is 604. The van der Waals surface area contributed by atoms with Gasteiger partial charge in [0, 0.05) is 31.1 Å². The maximum atomic E-state index is 12.4. The Morgan fingerprint density at radius 2 is 2.14 bits per heavy atom. The number of carboxylic acids is 1. The molecule has 0 atom stereocenters. The van der Waals surface area contributed by atoms with Crippen molar-refractivity contribution >= 4 is 23.2 Å². The molecule has 6 heteroatoms. The molecular weight excluding hydrogens is 288 g/mol. The fourth-order valence-electron chi connectivity index (χ4n) is 2.08. The van der Waals surface area contributed by atoms with Crippen molar-refractivity contribution in [3.05, 3.63) is 46.4 Å². The molecule has 1 N–H and O–H groups in total. The van der Waals surface area contributed by atoms with E-state index in [4.69, 9.17) is 5.11 Å². The molecule has 0 unspecified atom stereocenters. The molecule has 5 nitrogen and oxygen atoms in total. The highest BCUT2D eigenvalue weighted by Crippen LogP contribution is 2.14. The normalized spacial score (nSPS) is 10.5. The standard InChI is InChI=1S/C15H18N2O3S/c1-16(8-3-7-14(18)19)15(20)13-6-2-9-17(13)11-12-5-4-10-21-12/h2,4-6,9-10H,3,7-8,11H2,1H3,(H,18,19). The summed E-state index contributed by atoms with van der Waals surface area (Å²) in [4.78, 5) is 25.7. The molecule has 0 aromatic carbocycles. The van der Waals surface area contributed by atoms with Crippen LogP contribution >= 0.6 is 11.3 Å². The molecule has 0 bridgehead atoms. The average molecular weight is 306 g/mol. The molecule has 112 valence electrons. The number of carbonyl (C=O) groups excluding carboxylic acids is 1. The summed E-state index contributed by atoms with van der Waals surface area (Å²) in [6.45, 7) is 1.12. The first-order valence-corrected chi connectivity index (χ1v) is 7.60. The van der Waals surface area contributed by atoms with Crippen molar-refractivity contribution in [2.45, 2.75) is 19.4 Å². The second-order valence-corrected chi connectivity index (χ2v) is 5.86. The van der Waals surface area contributed by atoms with Crippen LogP contribution in [0.5, 0.6) is 0 Å². The van der Waals surface area contributed by atoms with Crippen LogP contribution in [0.3, 0.4) is 0 Å². The van der Waals surface area contributed by atoms with Gasteiger partial charge in [0.2, 0.25) is 0 Å². The van der Waals surface area contributed by atoms with E-state index >= 15 is 0 Å². The fourth-order valence-corrected chi connectivity index (χ4v) is 2.78. The van der Waals surface area contributed by atoms with E-state index in [1.807, 2.05) is 34.3 Å². The van der Waals surface area contributed by atoms with Crippen LogP contribution in [0.1, 0.15) is 28.2 Å². The van der Waals surface area contributed by atoms with Gasteiger partial charge in [0.15, 0.2) is 0 Å². The number of amides is 1. The minimum absolute atomic E-state index is 0.0772. The lowest BCUT2D eigenvalue weighted by atomic mass is 10.3. The van der Waals surface area contributed by atoms with E-state index in [1.165, 1.54) is 4.88 Å². The van der Waals surface area contributed by atoms with Crippen molar-refractivity contribution < 1.29 is 14.7 Å². The van der Waals surface area contributed by atoms with Gasteiger partial charge < -0.3 is 14.6 Å². The average Bonchev–Trinajstić information content (AvgIpc) is 3.09. The first-order chi connectivity index (χ1) is 10.1. The highest BCUT2D eigenvalue weighted by atomic mass is 32.1. The van der Waals surface area contributed by atoms with Crippen LogP contribution in [-0.2, 0) is 11.3 Å². The molecule has 0 aliphatic heterocycles. The van der Waals surface area contributed by atoms with Crippen molar-refractivity contribution in [3.8, 4) is 0 Å². The van der Waals surface area contributed by atoms with Gasteiger partial charge in [-0.2, -0.15) is 0 Å². The van der Waals surface area contributed by atoms with Gasteiger partial charge in [-0.3, -0.25) is 9.59 Å². The third-order valence-electron chi connectivity index (χ3n) is 3.19. The Labute approximate surface area is 127 Å². The van der Waals surface area contributed by atoms with Crippen LogP contribution in [0, 0.1) is 0 Å². The van der Waals surface area contributed by atoms with Gasteiger partial charge in [-0.1, -0.05) is 6.07 Å². The summed E-state index contributed by atoms with van der Waals surface area (Å²) in [5.74, 6) is -0.918. The van der Waals surface area contributed by atoms with E-state index in [9.17, 15) is 9.59 Å². The van der Waals surface area contributed by atoms with E-state index in [-0.39, 0.29) is 12.3 Å². The van der Waals surface area contributed by atoms with Gasteiger partial charge in [0.1, 0.15) is 5.69 Å². The molecule has 0 saturated heterocycles. The van der Waals surface area contributed by atoms with Crippen molar-refractivity contribution in [2.75, 3.05) is 13.6 Å². The van der Waals surface area contributed by atoms with Crippen molar-refractivity contribution in [1.82, 2.24) is 9.47 Å². The van der Waals surface area contributed by atoms with Gasteiger partial charge in [0.25, 0.3) is 5.91 Å². The highest BCUT2D eigenvalue weighted by Gasteiger charge is 2.16. The summed E-state index contributed by atoms with van der Waals surface area (Å²) in [5, 5.41) is 10.6. The summed E-state index contributed by atoms with van der Waals surface area (Å²) in [6.07, 6.45) is 2.43. The number of rotatable bonds is 7. The molecule has 1 amide bonds. The number of nitrogens with zero attached hydrogens (tertiary/aromatic N) is 2. The van der Waals surface area contributed by atoms with E-state index in [1.54, 1.807) is 29.4 Å². The molecule has 0 spiro atoms. The Morgan fingerprint density at radius 3 is 2.81 bits per heavy atom. The number of aromatic nitrogens is 1. The zero-order chi connectivity index (χ0) is 15.2. The number of carboxylic acid groups (broad SMARTS) is 1. The first-order valence-electron chi connectivity index (χ1n) is 6.72. The summed E-state index contributed by atoms with van der Waals surface area (Å²) in [6, 6.07) is 7.67. The maximum absolute atomic E-state index is 12.4. The monoisotopic (exact) mass is 306 g/mol. The number of hydrogen-bond acceptors (Lipinski definition) is 3. The summed E-state index contributed by atoms with van der Waals surface area (Å²) < 4.78 is 1.92. The summed E-state index contributed by atoms with van der Waals surface area (Å²) >= 11 is 1.66. The largest absolute Gasteiger partial charge is 0.481 e. The minimum atomic E-state index is -0.836. The number of thiophene rings is 1. The van der Waals surface area contributed by atoms with Gasteiger partial charge in [-0.15, -0.1) is 11.3 Å². The molecule has 2 aromatic heterocycles. The third kappa shape index (κ3) is 4.19. The molecule has 2 heterocycles. The third-order valence-corrected chi connectivity index (χ3v) is 4.05. The van der Waals surface area contributed by atoms with E-state index in [0.29, 0.717) is 25.2 Å². The van der Waals surface area contributed by atoms with Crippen molar-refractivity contribution in [2.24, 2.45) is 0 Å². The lowest BCUT2D eigenvalue weighted by Gasteiger charge is -2.18. The molecule has 0 radical (unpaired) electrons. The van der Waals surface area contributed by atoms with Crippen LogP contribution in [0.2, 0.25) is 0 Å². The molecule has 0 saturated carbocycles. The summed E-state index contributed by atoms with van der Waals surface area (Å²) in [7, 11) is 1.70. The molecule has 21 heavy (non-hydrogen) atoms. The molecule has 0 aliphatic carbocycles. The fraction of sp³-hybridized carbons (Fsp3) is 0.333. The number of hydrogen-bond donors (Lipinski definition) is 1. The van der Waals surface area contributed by atoms with Gasteiger partial charge >= 0.3 is 5.97 Å². The SMILES string of the molecule is CN(CCCC(=O)O)C(=O)c1cccn1Cc1cccs1. The lowest BCUT2D eigenvalue weighted by molar-refractivity contribution is -0.137. The maximum Gasteiger partial charge on any atom is 0.303 e. The zero-order valence-electron chi connectivity index (χ0n) is 11.9.